The number of aryl methyl sites for hydroxylation is 1. The zero-order valence-electron chi connectivity index (χ0n) is 14.9. The minimum absolute atomic E-state index is 0.139. The number of amides is 1. The third-order valence-corrected chi connectivity index (χ3v) is 5.01. The molecule has 0 atom stereocenters. The number of Topliss-reactive ketones (excluding diaryl/α,β-unsaturated/α-hetero) is 1. The lowest BCUT2D eigenvalue weighted by atomic mass is 10.0. The standard InChI is InChI=1S/C21H17F3N2O2/c22-21(23,24)20(28)16-12-25(18-10-4-2-8-15(16)18)13-19(27)26-11-5-7-14-6-1-3-9-17(14)26/h1-4,6,8-10,12H,5,7,11,13H2. The summed E-state index contributed by atoms with van der Waals surface area (Å²) in [6, 6.07) is 13.9. The van der Waals surface area contributed by atoms with Gasteiger partial charge in [0.05, 0.1) is 5.56 Å². The molecule has 0 saturated heterocycles. The van der Waals surface area contributed by atoms with Gasteiger partial charge in [0.25, 0.3) is 5.78 Å². The number of ketones is 1. The highest BCUT2D eigenvalue weighted by Crippen LogP contribution is 2.30. The molecule has 1 amide bonds. The van der Waals surface area contributed by atoms with Gasteiger partial charge in [-0.1, -0.05) is 36.4 Å². The second kappa shape index (κ2) is 6.82. The van der Waals surface area contributed by atoms with E-state index in [9.17, 15) is 22.8 Å². The summed E-state index contributed by atoms with van der Waals surface area (Å²) in [6.45, 7) is 0.420. The maximum Gasteiger partial charge on any atom is 0.454 e. The Morgan fingerprint density at radius 3 is 2.50 bits per heavy atom. The van der Waals surface area contributed by atoms with E-state index in [1.807, 2.05) is 24.3 Å². The molecular formula is C21H17F3N2O2. The zero-order valence-corrected chi connectivity index (χ0v) is 14.9. The van der Waals surface area contributed by atoms with E-state index in [1.54, 1.807) is 23.1 Å². The van der Waals surface area contributed by atoms with E-state index in [-0.39, 0.29) is 17.8 Å². The van der Waals surface area contributed by atoms with Crippen molar-refractivity contribution in [1.82, 2.24) is 4.57 Å². The number of benzene rings is 2. The first kappa shape index (κ1) is 18.3. The Hall–Kier alpha value is -3.09. The summed E-state index contributed by atoms with van der Waals surface area (Å²) in [5.74, 6) is -2.13. The number of alkyl halides is 3. The zero-order chi connectivity index (χ0) is 19.9. The Morgan fingerprint density at radius 2 is 1.71 bits per heavy atom. The fraction of sp³-hybridized carbons (Fsp3) is 0.238. The molecule has 0 N–H and O–H groups in total. The SMILES string of the molecule is O=C(Cn1cc(C(=O)C(F)(F)F)c2ccccc21)N1CCCc2ccccc21. The first-order chi connectivity index (χ1) is 13.4. The first-order valence-corrected chi connectivity index (χ1v) is 8.94. The number of halogens is 3. The molecular weight excluding hydrogens is 369 g/mol. The van der Waals surface area contributed by atoms with Crippen molar-refractivity contribution >= 4 is 28.3 Å². The second-order valence-corrected chi connectivity index (χ2v) is 6.79. The van der Waals surface area contributed by atoms with Gasteiger partial charge in [-0.15, -0.1) is 0 Å². The van der Waals surface area contributed by atoms with Gasteiger partial charge in [0.15, 0.2) is 0 Å². The van der Waals surface area contributed by atoms with Crippen LogP contribution in [0.25, 0.3) is 10.9 Å². The van der Waals surface area contributed by atoms with Crippen molar-refractivity contribution in [3.05, 3.63) is 65.9 Å². The molecule has 144 valence electrons. The lowest BCUT2D eigenvalue weighted by Gasteiger charge is -2.29. The molecule has 2 aromatic carbocycles. The van der Waals surface area contributed by atoms with Crippen LogP contribution in [0.2, 0.25) is 0 Å². The molecule has 2 heterocycles. The van der Waals surface area contributed by atoms with Gasteiger partial charge in [-0.05, 0) is 30.5 Å². The normalized spacial score (nSPS) is 14.2. The Morgan fingerprint density at radius 1 is 1.00 bits per heavy atom. The number of para-hydroxylation sites is 2. The van der Waals surface area contributed by atoms with Gasteiger partial charge in [0.1, 0.15) is 6.54 Å². The molecule has 0 radical (unpaired) electrons. The molecule has 1 aliphatic heterocycles. The Kier molecular flexibility index (Phi) is 4.45. The van der Waals surface area contributed by atoms with Crippen LogP contribution in [0.4, 0.5) is 18.9 Å². The fourth-order valence-electron chi connectivity index (χ4n) is 3.73. The van der Waals surface area contributed by atoms with E-state index in [2.05, 4.69) is 0 Å². The van der Waals surface area contributed by atoms with Gasteiger partial charge >= 0.3 is 6.18 Å². The third-order valence-electron chi connectivity index (χ3n) is 5.01. The predicted molar refractivity (Wildman–Crippen MR) is 99.4 cm³/mol. The molecule has 0 saturated carbocycles. The summed E-state index contributed by atoms with van der Waals surface area (Å²) in [7, 11) is 0. The molecule has 0 bridgehead atoms. The highest BCUT2D eigenvalue weighted by atomic mass is 19.4. The van der Waals surface area contributed by atoms with Crippen LogP contribution in [0, 0.1) is 0 Å². The number of nitrogens with zero attached hydrogens (tertiary/aromatic N) is 2. The minimum Gasteiger partial charge on any atom is -0.337 e. The van der Waals surface area contributed by atoms with Crippen LogP contribution in [-0.2, 0) is 17.8 Å². The molecule has 3 aromatic rings. The third kappa shape index (κ3) is 3.17. The Bertz CT molecular complexity index is 1070. The van der Waals surface area contributed by atoms with E-state index in [1.165, 1.54) is 10.6 Å². The van der Waals surface area contributed by atoms with Crippen LogP contribution < -0.4 is 4.90 Å². The van der Waals surface area contributed by atoms with Crippen LogP contribution in [0.5, 0.6) is 0 Å². The summed E-state index contributed by atoms with van der Waals surface area (Å²) < 4.78 is 40.3. The lowest BCUT2D eigenvalue weighted by Crippen LogP contribution is -2.37. The number of hydrogen-bond donors (Lipinski definition) is 0. The average Bonchev–Trinajstić information content (AvgIpc) is 3.04. The molecule has 0 spiro atoms. The smallest absolute Gasteiger partial charge is 0.337 e. The van der Waals surface area contributed by atoms with E-state index in [4.69, 9.17) is 0 Å². The molecule has 0 fully saturated rings. The molecule has 7 heteroatoms. The van der Waals surface area contributed by atoms with E-state index in [0.29, 0.717) is 12.1 Å². The van der Waals surface area contributed by atoms with Gasteiger partial charge in [-0.25, -0.2) is 0 Å². The molecule has 4 nitrogen and oxygen atoms in total. The predicted octanol–water partition coefficient (Wildman–Crippen LogP) is 4.37. The Balaban J connectivity index is 1.70. The molecule has 1 aromatic heterocycles. The van der Waals surface area contributed by atoms with Gasteiger partial charge in [0.2, 0.25) is 5.91 Å². The van der Waals surface area contributed by atoms with Crippen molar-refractivity contribution in [3.63, 3.8) is 0 Å². The summed E-state index contributed by atoms with van der Waals surface area (Å²) in [5, 5.41) is 0.191. The minimum atomic E-state index is -4.97. The number of anilines is 1. The van der Waals surface area contributed by atoms with E-state index < -0.39 is 17.5 Å². The van der Waals surface area contributed by atoms with Crippen LogP contribution in [0.3, 0.4) is 0 Å². The Labute approximate surface area is 159 Å². The summed E-state index contributed by atoms with van der Waals surface area (Å²) in [5.41, 5.74) is 1.90. The largest absolute Gasteiger partial charge is 0.454 e. The van der Waals surface area contributed by atoms with E-state index in [0.717, 1.165) is 30.3 Å². The van der Waals surface area contributed by atoms with Crippen molar-refractivity contribution in [2.75, 3.05) is 11.4 Å². The first-order valence-electron chi connectivity index (χ1n) is 8.94. The van der Waals surface area contributed by atoms with Crippen LogP contribution in [-0.4, -0.2) is 29.0 Å². The monoisotopic (exact) mass is 386 g/mol. The van der Waals surface area contributed by atoms with Crippen LogP contribution >= 0.6 is 0 Å². The molecule has 4 rings (SSSR count). The maximum absolute atomic E-state index is 13.0. The number of rotatable bonds is 3. The molecule has 1 aliphatic rings. The highest BCUT2D eigenvalue weighted by molar-refractivity contribution is 6.11. The summed E-state index contributed by atoms with van der Waals surface area (Å²) in [4.78, 5) is 26.4. The quantitative estimate of drug-likeness (QED) is 0.628. The highest BCUT2D eigenvalue weighted by Gasteiger charge is 2.41. The number of fused-ring (bicyclic) bond motifs is 2. The second-order valence-electron chi connectivity index (χ2n) is 6.79. The molecule has 28 heavy (non-hydrogen) atoms. The van der Waals surface area contributed by atoms with Crippen LogP contribution in [0.1, 0.15) is 22.3 Å². The lowest BCUT2D eigenvalue weighted by molar-refractivity contribution is -0.119. The van der Waals surface area contributed by atoms with Gasteiger partial charge in [-0.2, -0.15) is 13.2 Å². The molecule has 0 unspecified atom stereocenters. The number of carbonyl (C=O) groups excluding carboxylic acids is 2. The van der Waals surface area contributed by atoms with Crippen molar-refractivity contribution in [2.24, 2.45) is 0 Å². The van der Waals surface area contributed by atoms with Crippen LogP contribution in [0.15, 0.2) is 54.7 Å². The average molecular weight is 386 g/mol. The maximum atomic E-state index is 13.0. The van der Waals surface area contributed by atoms with Crippen molar-refractivity contribution in [2.45, 2.75) is 25.6 Å². The number of carbonyl (C=O) groups is 2. The van der Waals surface area contributed by atoms with E-state index >= 15 is 0 Å². The summed E-state index contributed by atoms with van der Waals surface area (Å²) >= 11 is 0. The van der Waals surface area contributed by atoms with Crippen molar-refractivity contribution < 1.29 is 22.8 Å². The topological polar surface area (TPSA) is 42.3 Å². The fourth-order valence-corrected chi connectivity index (χ4v) is 3.73. The van der Waals surface area contributed by atoms with Gasteiger partial charge in [0, 0.05) is 29.3 Å². The van der Waals surface area contributed by atoms with Crippen molar-refractivity contribution in [3.8, 4) is 0 Å². The van der Waals surface area contributed by atoms with Crippen molar-refractivity contribution in [1.29, 1.82) is 0 Å². The number of hydrogen-bond acceptors (Lipinski definition) is 2. The van der Waals surface area contributed by atoms with Gasteiger partial charge < -0.3 is 9.47 Å². The summed E-state index contributed by atoms with van der Waals surface area (Å²) in [6.07, 6.45) is -2.12. The molecule has 0 aliphatic carbocycles. The number of aromatic nitrogens is 1. The van der Waals surface area contributed by atoms with Gasteiger partial charge in [-0.3, -0.25) is 9.59 Å².